The Kier molecular flexibility index (Phi) is 4.78. The summed E-state index contributed by atoms with van der Waals surface area (Å²) in [5.74, 6) is -0.199. The Hall–Kier alpha value is -1.58. The summed E-state index contributed by atoms with van der Waals surface area (Å²) in [5, 5.41) is 1.49. The first-order valence-electron chi connectivity index (χ1n) is 7.27. The molecular weight excluding hydrogens is 301 g/mol. The molecule has 1 amide bonds. The lowest BCUT2D eigenvalue weighted by atomic mass is 10.2. The highest BCUT2D eigenvalue weighted by atomic mass is 31.2. The third-order valence-corrected chi connectivity index (χ3v) is 7.24. The number of rotatable bonds is 6. The van der Waals surface area contributed by atoms with Crippen LogP contribution in [0.15, 0.2) is 43.0 Å². The highest BCUT2D eigenvalue weighted by Gasteiger charge is 2.66. The molecule has 3 unspecified atom stereocenters. The molecule has 1 aromatic rings. The minimum atomic E-state index is -3.56. The molecule has 1 aromatic carbocycles. The van der Waals surface area contributed by atoms with Crippen molar-refractivity contribution in [1.82, 2.24) is 5.32 Å². The molecule has 2 rings (SSSR count). The van der Waals surface area contributed by atoms with Gasteiger partial charge >= 0.3 is 6.09 Å². The van der Waals surface area contributed by atoms with Crippen LogP contribution in [0.1, 0.15) is 25.8 Å². The van der Waals surface area contributed by atoms with Gasteiger partial charge in [0.2, 0.25) is 7.37 Å². The summed E-state index contributed by atoms with van der Waals surface area (Å²) >= 11 is 0. The van der Waals surface area contributed by atoms with E-state index in [0.29, 0.717) is 6.42 Å². The molecule has 5 nitrogen and oxygen atoms in total. The van der Waals surface area contributed by atoms with E-state index in [4.69, 9.17) is 4.74 Å². The van der Waals surface area contributed by atoms with Gasteiger partial charge in [0, 0.05) is 11.6 Å². The Morgan fingerprint density at radius 1 is 1.55 bits per heavy atom. The fourth-order valence-corrected chi connectivity index (χ4v) is 4.76. The molecular formula is C16H22NO4P. The topological polar surface area (TPSA) is 75.6 Å². The van der Waals surface area contributed by atoms with Gasteiger partial charge in [-0.25, -0.2) is 4.79 Å². The van der Waals surface area contributed by atoms with Gasteiger partial charge in [0.15, 0.2) is 0 Å². The number of amides is 1. The lowest BCUT2D eigenvalue weighted by molar-refractivity contribution is 0.136. The van der Waals surface area contributed by atoms with Crippen LogP contribution in [-0.2, 0) is 15.9 Å². The van der Waals surface area contributed by atoms with Crippen molar-refractivity contribution in [3.63, 3.8) is 0 Å². The maximum atomic E-state index is 12.6. The van der Waals surface area contributed by atoms with E-state index in [2.05, 4.69) is 11.9 Å². The van der Waals surface area contributed by atoms with Crippen LogP contribution < -0.4 is 5.32 Å². The van der Waals surface area contributed by atoms with Crippen molar-refractivity contribution in [2.45, 2.75) is 37.8 Å². The monoisotopic (exact) mass is 323 g/mol. The normalized spacial score (nSPS) is 26.1. The van der Waals surface area contributed by atoms with E-state index in [1.54, 1.807) is 19.9 Å². The van der Waals surface area contributed by atoms with E-state index >= 15 is 0 Å². The van der Waals surface area contributed by atoms with Gasteiger partial charge in [-0.1, -0.05) is 50.3 Å². The molecule has 0 spiro atoms. The molecule has 3 atom stereocenters. The standard InChI is InChI=1S/C16H22NO4P/c1-4-14-10-16(14,22(19,20)12(2)3)17-15(18)21-11-13-8-6-5-7-9-13/h4-9,12,14H,1,10-11H2,2-3H3,(H,17,18)(H,19,20). The number of benzene rings is 1. The molecule has 0 saturated heterocycles. The van der Waals surface area contributed by atoms with Crippen LogP contribution in [-0.4, -0.2) is 21.9 Å². The smallest absolute Gasteiger partial charge is 0.408 e. The molecule has 2 N–H and O–H groups in total. The van der Waals surface area contributed by atoms with Crippen molar-refractivity contribution >= 4 is 13.5 Å². The van der Waals surface area contributed by atoms with Gasteiger partial charge in [0.25, 0.3) is 0 Å². The SMILES string of the molecule is C=CC1CC1(NC(=O)OCc1ccccc1)P(=O)(O)C(C)C. The molecule has 0 heterocycles. The fraction of sp³-hybridized carbons (Fsp3) is 0.438. The average Bonchev–Trinajstić information content (AvgIpc) is 3.21. The first-order valence-corrected chi connectivity index (χ1v) is 9.00. The van der Waals surface area contributed by atoms with Crippen molar-refractivity contribution < 1.29 is 19.0 Å². The maximum Gasteiger partial charge on any atom is 0.408 e. The summed E-state index contributed by atoms with van der Waals surface area (Å²) in [7, 11) is -3.56. The molecule has 0 aromatic heterocycles. The van der Waals surface area contributed by atoms with Crippen molar-refractivity contribution in [3.8, 4) is 0 Å². The number of carbonyl (C=O) groups excluding carboxylic acids is 1. The number of nitrogens with one attached hydrogen (secondary N) is 1. The summed E-state index contributed by atoms with van der Waals surface area (Å²) < 4.78 is 17.8. The van der Waals surface area contributed by atoms with Crippen molar-refractivity contribution in [2.75, 3.05) is 0 Å². The van der Waals surface area contributed by atoms with Gasteiger partial charge in [-0.3, -0.25) is 4.57 Å². The minimum absolute atomic E-state index is 0.124. The number of carbonyl (C=O) groups is 1. The van der Waals surface area contributed by atoms with Crippen LogP contribution >= 0.6 is 7.37 Å². The van der Waals surface area contributed by atoms with E-state index in [1.807, 2.05) is 30.3 Å². The zero-order valence-corrected chi connectivity index (χ0v) is 13.8. The summed E-state index contributed by atoms with van der Waals surface area (Å²) in [6.45, 7) is 7.15. The maximum absolute atomic E-state index is 12.6. The summed E-state index contributed by atoms with van der Waals surface area (Å²) in [5.41, 5.74) is 0.422. The van der Waals surface area contributed by atoms with Gasteiger partial charge in [-0.2, -0.15) is 0 Å². The molecule has 1 aliphatic rings. The quantitative estimate of drug-likeness (QED) is 0.620. The second-order valence-corrected chi connectivity index (χ2v) is 8.95. The molecule has 120 valence electrons. The molecule has 1 fully saturated rings. The Balaban J connectivity index is 2.02. The molecule has 0 radical (unpaired) electrons. The van der Waals surface area contributed by atoms with Crippen LogP contribution in [0.25, 0.3) is 0 Å². The predicted octanol–water partition coefficient (Wildman–Crippen LogP) is 3.49. The molecule has 1 saturated carbocycles. The van der Waals surface area contributed by atoms with E-state index < -0.39 is 24.4 Å². The summed E-state index contributed by atoms with van der Waals surface area (Å²) in [6, 6.07) is 9.28. The van der Waals surface area contributed by atoms with Crippen molar-refractivity contribution in [3.05, 3.63) is 48.6 Å². The van der Waals surface area contributed by atoms with E-state index in [0.717, 1.165) is 5.56 Å². The Labute approximate surface area is 130 Å². The van der Waals surface area contributed by atoms with Crippen molar-refractivity contribution in [1.29, 1.82) is 0 Å². The van der Waals surface area contributed by atoms with Crippen LogP contribution in [0.2, 0.25) is 0 Å². The van der Waals surface area contributed by atoms with Gasteiger partial charge in [-0.05, 0) is 12.0 Å². The summed E-state index contributed by atoms with van der Waals surface area (Å²) in [4.78, 5) is 22.4. The van der Waals surface area contributed by atoms with Gasteiger partial charge < -0.3 is 14.9 Å². The number of hydrogen-bond donors (Lipinski definition) is 2. The first kappa shape index (κ1) is 16.8. The highest BCUT2D eigenvalue weighted by Crippen LogP contribution is 2.71. The molecule has 1 aliphatic carbocycles. The Bertz CT molecular complexity index is 601. The van der Waals surface area contributed by atoms with E-state index in [-0.39, 0.29) is 12.5 Å². The highest BCUT2D eigenvalue weighted by molar-refractivity contribution is 7.60. The number of ether oxygens (including phenoxy) is 1. The van der Waals surface area contributed by atoms with Gasteiger partial charge in [0.05, 0.1) is 0 Å². The first-order chi connectivity index (χ1) is 10.3. The number of alkyl carbamates (subject to hydrolysis) is 1. The largest absolute Gasteiger partial charge is 0.445 e. The van der Waals surface area contributed by atoms with Crippen LogP contribution in [0.5, 0.6) is 0 Å². The van der Waals surface area contributed by atoms with Crippen LogP contribution in [0.3, 0.4) is 0 Å². The molecule has 0 aliphatic heterocycles. The zero-order valence-electron chi connectivity index (χ0n) is 12.9. The minimum Gasteiger partial charge on any atom is -0.445 e. The fourth-order valence-electron chi connectivity index (χ4n) is 2.54. The van der Waals surface area contributed by atoms with E-state index in [1.165, 1.54) is 0 Å². The third-order valence-electron chi connectivity index (χ3n) is 4.07. The second kappa shape index (κ2) is 6.27. The average molecular weight is 323 g/mol. The van der Waals surface area contributed by atoms with Gasteiger partial charge in [-0.15, -0.1) is 6.58 Å². The van der Waals surface area contributed by atoms with Crippen molar-refractivity contribution in [2.24, 2.45) is 5.92 Å². The lowest BCUT2D eigenvalue weighted by Crippen LogP contribution is -2.40. The second-order valence-electron chi connectivity index (χ2n) is 5.87. The Morgan fingerprint density at radius 3 is 2.68 bits per heavy atom. The molecule has 6 heteroatoms. The van der Waals surface area contributed by atoms with Gasteiger partial charge in [0.1, 0.15) is 11.9 Å². The third kappa shape index (κ3) is 3.11. The Morgan fingerprint density at radius 2 is 2.18 bits per heavy atom. The van der Waals surface area contributed by atoms with Crippen LogP contribution in [0, 0.1) is 5.92 Å². The molecule has 0 bridgehead atoms. The van der Waals surface area contributed by atoms with Crippen LogP contribution in [0.4, 0.5) is 4.79 Å². The summed E-state index contributed by atoms with van der Waals surface area (Å²) in [6.07, 6.45) is 1.36. The number of hydrogen-bond acceptors (Lipinski definition) is 3. The van der Waals surface area contributed by atoms with E-state index in [9.17, 15) is 14.3 Å². The zero-order chi connectivity index (χ0) is 16.4. The molecule has 22 heavy (non-hydrogen) atoms. The predicted molar refractivity (Wildman–Crippen MR) is 85.8 cm³/mol. The lowest BCUT2D eigenvalue weighted by Gasteiger charge is -2.27.